The van der Waals surface area contributed by atoms with Gasteiger partial charge in [0.25, 0.3) is 0 Å². The number of hydrogen-bond donors (Lipinski definition) is 0. The van der Waals surface area contributed by atoms with Crippen LogP contribution in [0.1, 0.15) is 45.1 Å². The molecule has 0 aliphatic rings. The summed E-state index contributed by atoms with van der Waals surface area (Å²) in [5.41, 5.74) is 0.993. The van der Waals surface area contributed by atoms with Crippen molar-refractivity contribution in [3.63, 3.8) is 0 Å². The third kappa shape index (κ3) is 7.67. The standard InChI is InChI=1S/C24H33NO5S/c1-4-10-20(2)25(31(27,28)23-13-6-5-7-14-23)17-9-18-30-22-12-8-11-21(19-22)15-16-24(26)29-3/h5-8,11-14,19-20H,4,9-10,15-18H2,1-3H3. The lowest BCUT2D eigenvalue weighted by molar-refractivity contribution is -0.140. The van der Waals surface area contributed by atoms with Gasteiger partial charge in [0.05, 0.1) is 18.6 Å². The first-order valence-electron chi connectivity index (χ1n) is 10.7. The number of aryl methyl sites for hydroxylation is 1. The van der Waals surface area contributed by atoms with Crippen LogP contribution < -0.4 is 4.74 Å². The van der Waals surface area contributed by atoms with E-state index in [-0.39, 0.29) is 12.0 Å². The zero-order chi connectivity index (χ0) is 22.7. The summed E-state index contributed by atoms with van der Waals surface area (Å²) in [6.45, 7) is 4.80. The average Bonchev–Trinajstić information content (AvgIpc) is 2.78. The third-order valence-electron chi connectivity index (χ3n) is 5.08. The second-order valence-corrected chi connectivity index (χ2v) is 9.38. The van der Waals surface area contributed by atoms with E-state index in [9.17, 15) is 13.2 Å². The topological polar surface area (TPSA) is 72.9 Å². The van der Waals surface area contributed by atoms with Crippen molar-refractivity contribution in [3.8, 4) is 5.75 Å². The quantitative estimate of drug-likeness (QED) is 0.335. The molecule has 31 heavy (non-hydrogen) atoms. The molecule has 7 heteroatoms. The Hall–Kier alpha value is -2.38. The predicted octanol–water partition coefficient (Wildman–Crippen LogP) is 4.44. The fourth-order valence-corrected chi connectivity index (χ4v) is 5.14. The fraction of sp³-hybridized carbons (Fsp3) is 0.458. The van der Waals surface area contributed by atoms with E-state index in [0.717, 1.165) is 18.4 Å². The van der Waals surface area contributed by atoms with Gasteiger partial charge in [-0.2, -0.15) is 4.31 Å². The van der Waals surface area contributed by atoms with Crippen LogP contribution in [0, 0.1) is 0 Å². The minimum absolute atomic E-state index is 0.0862. The number of carbonyl (C=O) groups is 1. The van der Waals surface area contributed by atoms with Crippen LogP contribution in [0.5, 0.6) is 5.75 Å². The van der Waals surface area contributed by atoms with Gasteiger partial charge >= 0.3 is 5.97 Å². The molecular weight excluding hydrogens is 414 g/mol. The molecule has 1 atom stereocenters. The highest BCUT2D eigenvalue weighted by Crippen LogP contribution is 2.21. The van der Waals surface area contributed by atoms with E-state index in [1.807, 2.05) is 37.3 Å². The van der Waals surface area contributed by atoms with Crippen LogP contribution in [-0.2, 0) is 26.0 Å². The molecule has 0 saturated heterocycles. The lowest BCUT2D eigenvalue weighted by Crippen LogP contribution is -2.39. The minimum atomic E-state index is -3.56. The van der Waals surface area contributed by atoms with Gasteiger partial charge in [-0.1, -0.05) is 43.7 Å². The van der Waals surface area contributed by atoms with Gasteiger partial charge in [0.1, 0.15) is 5.75 Å². The van der Waals surface area contributed by atoms with Crippen molar-refractivity contribution in [2.75, 3.05) is 20.3 Å². The smallest absolute Gasteiger partial charge is 0.305 e. The van der Waals surface area contributed by atoms with Gasteiger partial charge in [-0.15, -0.1) is 0 Å². The predicted molar refractivity (Wildman–Crippen MR) is 122 cm³/mol. The lowest BCUT2D eigenvalue weighted by Gasteiger charge is -2.28. The summed E-state index contributed by atoms with van der Waals surface area (Å²) in [5, 5.41) is 0. The van der Waals surface area contributed by atoms with Gasteiger partial charge < -0.3 is 9.47 Å². The van der Waals surface area contributed by atoms with E-state index in [1.54, 1.807) is 28.6 Å². The number of methoxy groups -OCH3 is 1. The maximum Gasteiger partial charge on any atom is 0.305 e. The monoisotopic (exact) mass is 447 g/mol. The minimum Gasteiger partial charge on any atom is -0.494 e. The molecule has 0 aromatic heterocycles. The first kappa shape index (κ1) is 24.9. The summed E-state index contributed by atoms with van der Waals surface area (Å²) in [5.74, 6) is 0.466. The summed E-state index contributed by atoms with van der Waals surface area (Å²) >= 11 is 0. The Morgan fingerprint density at radius 1 is 1.10 bits per heavy atom. The molecule has 6 nitrogen and oxygen atoms in total. The highest BCUT2D eigenvalue weighted by atomic mass is 32.2. The van der Waals surface area contributed by atoms with Crippen LogP contribution in [0.4, 0.5) is 0 Å². The van der Waals surface area contributed by atoms with Crippen molar-refractivity contribution < 1.29 is 22.7 Å². The molecule has 0 bridgehead atoms. The molecule has 0 aliphatic carbocycles. The van der Waals surface area contributed by atoms with Crippen LogP contribution >= 0.6 is 0 Å². The molecule has 0 radical (unpaired) electrons. The van der Waals surface area contributed by atoms with E-state index in [4.69, 9.17) is 4.74 Å². The molecule has 0 N–H and O–H groups in total. The Bertz CT molecular complexity index is 915. The van der Waals surface area contributed by atoms with Crippen molar-refractivity contribution in [2.45, 2.75) is 56.9 Å². The number of rotatable bonds is 13. The maximum absolute atomic E-state index is 13.2. The molecule has 0 spiro atoms. The Balaban J connectivity index is 1.96. The van der Waals surface area contributed by atoms with Crippen molar-refractivity contribution in [1.82, 2.24) is 4.31 Å². The SMILES string of the molecule is CCCC(C)N(CCCOc1cccc(CCC(=O)OC)c1)S(=O)(=O)c1ccccc1. The van der Waals surface area contributed by atoms with Crippen molar-refractivity contribution in [1.29, 1.82) is 0 Å². The van der Waals surface area contributed by atoms with Crippen molar-refractivity contribution in [2.24, 2.45) is 0 Å². The first-order valence-corrected chi connectivity index (χ1v) is 12.2. The number of benzene rings is 2. The zero-order valence-electron chi connectivity index (χ0n) is 18.6. The van der Waals surface area contributed by atoms with Crippen LogP contribution in [0.3, 0.4) is 0 Å². The van der Waals surface area contributed by atoms with E-state index in [2.05, 4.69) is 11.7 Å². The lowest BCUT2D eigenvalue weighted by atomic mass is 10.1. The first-order chi connectivity index (χ1) is 14.9. The number of ether oxygens (including phenoxy) is 2. The second-order valence-electron chi connectivity index (χ2n) is 7.49. The normalized spacial score (nSPS) is 12.5. The molecule has 0 aliphatic heterocycles. The van der Waals surface area contributed by atoms with Gasteiger partial charge in [-0.3, -0.25) is 4.79 Å². The number of esters is 1. The number of sulfonamides is 1. The van der Waals surface area contributed by atoms with E-state index < -0.39 is 10.0 Å². The van der Waals surface area contributed by atoms with Gasteiger partial charge in [0.15, 0.2) is 0 Å². The Kier molecular flexibility index (Phi) is 10.0. The van der Waals surface area contributed by atoms with Crippen LogP contribution in [-0.4, -0.2) is 45.0 Å². The summed E-state index contributed by atoms with van der Waals surface area (Å²) in [6, 6.07) is 16.1. The maximum atomic E-state index is 13.2. The highest BCUT2D eigenvalue weighted by molar-refractivity contribution is 7.89. The summed E-state index contributed by atoms with van der Waals surface area (Å²) in [7, 11) is -2.18. The average molecular weight is 448 g/mol. The van der Waals surface area contributed by atoms with E-state index in [0.29, 0.717) is 43.1 Å². The van der Waals surface area contributed by atoms with Crippen LogP contribution in [0.25, 0.3) is 0 Å². The molecular formula is C24H33NO5S. The van der Waals surface area contributed by atoms with E-state index in [1.165, 1.54) is 7.11 Å². The summed E-state index contributed by atoms with van der Waals surface area (Å²) in [4.78, 5) is 11.6. The van der Waals surface area contributed by atoms with E-state index >= 15 is 0 Å². The second kappa shape index (κ2) is 12.5. The number of hydrogen-bond acceptors (Lipinski definition) is 5. The molecule has 170 valence electrons. The molecule has 1 unspecified atom stereocenters. The van der Waals surface area contributed by atoms with Crippen LogP contribution in [0.15, 0.2) is 59.5 Å². The molecule has 0 saturated carbocycles. The van der Waals surface area contributed by atoms with Gasteiger partial charge in [0, 0.05) is 19.0 Å². The van der Waals surface area contributed by atoms with Gasteiger partial charge in [-0.05, 0) is 56.0 Å². The third-order valence-corrected chi connectivity index (χ3v) is 7.11. The summed E-state index contributed by atoms with van der Waals surface area (Å²) < 4.78 is 38.4. The molecule has 0 amide bonds. The Labute approximate surface area is 186 Å². The van der Waals surface area contributed by atoms with Crippen LogP contribution in [0.2, 0.25) is 0 Å². The zero-order valence-corrected chi connectivity index (χ0v) is 19.4. The largest absolute Gasteiger partial charge is 0.494 e. The number of carbonyl (C=O) groups excluding carboxylic acids is 1. The Morgan fingerprint density at radius 2 is 1.84 bits per heavy atom. The highest BCUT2D eigenvalue weighted by Gasteiger charge is 2.28. The summed E-state index contributed by atoms with van der Waals surface area (Å²) in [6.07, 6.45) is 3.20. The van der Waals surface area contributed by atoms with Crippen molar-refractivity contribution >= 4 is 16.0 Å². The molecule has 2 aromatic carbocycles. The molecule has 0 heterocycles. The molecule has 2 aromatic rings. The van der Waals surface area contributed by atoms with Gasteiger partial charge in [-0.25, -0.2) is 8.42 Å². The number of nitrogens with zero attached hydrogens (tertiary/aromatic N) is 1. The fourth-order valence-electron chi connectivity index (χ4n) is 3.42. The molecule has 0 fully saturated rings. The van der Waals surface area contributed by atoms with Crippen molar-refractivity contribution in [3.05, 3.63) is 60.2 Å². The molecule has 2 rings (SSSR count). The Morgan fingerprint density at radius 3 is 2.52 bits per heavy atom. The van der Waals surface area contributed by atoms with Gasteiger partial charge in [0.2, 0.25) is 10.0 Å².